The SMILES string of the molecule is Cc1cc(C(=O)N2CCCc3cc(N)ccc32)n(C)n1. The van der Waals surface area contributed by atoms with E-state index in [9.17, 15) is 4.79 Å². The fourth-order valence-electron chi connectivity index (χ4n) is 2.78. The summed E-state index contributed by atoms with van der Waals surface area (Å²) in [5.74, 6) is -0.00109. The minimum Gasteiger partial charge on any atom is -0.399 e. The number of nitrogens with zero attached hydrogens (tertiary/aromatic N) is 3. The molecule has 5 heteroatoms. The Morgan fingerprint density at radius 1 is 1.35 bits per heavy atom. The Morgan fingerprint density at radius 2 is 2.15 bits per heavy atom. The zero-order valence-corrected chi connectivity index (χ0v) is 11.8. The predicted molar refractivity (Wildman–Crippen MR) is 78.8 cm³/mol. The minimum absolute atomic E-state index is 0.00109. The van der Waals surface area contributed by atoms with Gasteiger partial charge in [0.25, 0.3) is 5.91 Å². The Morgan fingerprint density at radius 3 is 2.85 bits per heavy atom. The Balaban J connectivity index is 2.00. The molecule has 1 aromatic heterocycles. The number of rotatable bonds is 1. The van der Waals surface area contributed by atoms with Crippen molar-refractivity contribution >= 4 is 17.3 Å². The Labute approximate surface area is 118 Å². The molecular weight excluding hydrogens is 252 g/mol. The van der Waals surface area contributed by atoms with Gasteiger partial charge in [0.05, 0.1) is 5.69 Å². The Kier molecular flexibility index (Phi) is 2.97. The summed E-state index contributed by atoms with van der Waals surface area (Å²) in [6.45, 7) is 2.63. The van der Waals surface area contributed by atoms with E-state index < -0.39 is 0 Å². The Bertz CT molecular complexity index is 675. The van der Waals surface area contributed by atoms with Crippen molar-refractivity contribution < 1.29 is 4.79 Å². The second-order valence-corrected chi connectivity index (χ2v) is 5.24. The van der Waals surface area contributed by atoms with Gasteiger partial charge in [-0.3, -0.25) is 9.48 Å². The van der Waals surface area contributed by atoms with Crippen LogP contribution in [0.3, 0.4) is 0 Å². The molecule has 0 fully saturated rings. The number of aryl methyl sites for hydroxylation is 3. The lowest BCUT2D eigenvalue weighted by atomic mass is 10.0. The van der Waals surface area contributed by atoms with Gasteiger partial charge in [-0.2, -0.15) is 5.10 Å². The highest BCUT2D eigenvalue weighted by Crippen LogP contribution is 2.30. The highest BCUT2D eigenvalue weighted by Gasteiger charge is 2.25. The highest BCUT2D eigenvalue weighted by molar-refractivity contribution is 6.05. The number of carbonyl (C=O) groups is 1. The molecule has 2 aromatic rings. The van der Waals surface area contributed by atoms with E-state index in [0.717, 1.165) is 42.0 Å². The first-order valence-electron chi connectivity index (χ1n) is 6.77. The average Bonchev–Trinajstić information content (AvgIpc) is 2.76. The second-order valence-electron chi connectivity index (χ2n) is 5.24. The van der Waals surface area contributed by atoms with Crippen LogP contribution in [0, 0.1) is 6.92 Å². The summed E-state index contributed by atoms with van der Waals surface area (Å²) in [6.07, 6.45) is 1.92. The van der Waals surface area contributed by atoms with E-state index in [2.05, 4.69) is 5.10 Å². The third-order valence-electron chi connectivity index (χ3n) is 3.69. The van der Waals surface area contributed by atoms with E-state index in [1.165, 1.54) is 0 Å². The van der Waals surface area contributed by atoms with Crippen LogP contribution >= 0.6 is 0 Å². The van der Waals surface area contributed by atoms with Crippen LogP contribution < -0.4 is 10.6 Å². The monoisotopic (exact) mass is 270 g/mol. The molecule has 0 saturated heterocycles. The number of hydrogen-bond acceptors (Lipinski definition) is 3. The van der Waals surface area contributed by atoms with Gasteiger partial charge in [-0.1, -0.05) is 0 Å². The lowest BCUT2D eigenvalue weighted by molar-refractivity contribution is 0.0976. The summed E-state index contributed by atoms with van der Waals surface area (Å²) in [5.41, 5.74) is 10.1. The van der Waals surface area contributed by atoms with Crippen molar-refractivity contribution in [3.05, 3.63) is 41.2 Å². The predicted octanol–water partition coefficient (Wildman–Crippen LogP) is 1.90. The molecule has 0 atom stereocenters. The van der Waals surface area contributed by atoms with Gasteiger partial charge < -0.3 is 10.6 Å². The highest BCUT2D eigenvalue weighted by atomic mass is 16.2. The number of nitrogen functional groups attached to an aromatic ring is 1. The van der Waals surface area contributed by atoms with Crippen molar-refractivity contribution in [3.63, 3.8) is 0 Å². The fraction of sp³-hybridized carbons (Fsp3) is 0.333. The molecule has 1 amide bonds. The van der Waals surface area contributed by atoms with Crippen molar-refractivity contribution in [2.45, 2.75) is 19.8 Å². The molecule has 0 aliphatic carbocycles. The van der Waals surface area contributed by atoms with E-state index in [-0.39, 0.29) is 5.91 Å². The maximum atomic E-state index is 12.7. The number of benzene rings is 1. The summed E-state index contributed by atoms with van der Waals surface area (Å²) < 4.78 is 1.64. The second kappa shape index (κ2) is 4.67. The molecule has 3 rings (SSSR count). The van der Waals surface area contributed by atoms with Crippen LogP contribution in [0.2, 0.25) is 0 Å². The summed E-state index contributed by atoms with van der Waals surface area (Å²) in [5, 5.41) is 4.25. The molecule has 20 heavy (non-hydrogen) atoms. The Hall–Kier alpha value is -2.30. The molecule has 2 heterocycles. The largest absolute Gasteiger partial charge is 0.399 e. The first-order chi connectivity index (χ1) is 9.56. The van der Waals surface area contributed by atoms with Crippen LogP contribution in [0.1, 0.15) is 28.2 Å². The number of nitrogens with two attached hydrogens (primary N) is 1. The molecule has 1 aliphatic heterocycles. The number of hydrogen-bond donors (Lipinski definition) is 1. The maximum absolute atomic E-state index is 12.7. The zero-order valence-electron chi connectivity index (χ0n) is 11.8. The third kappa shape index (κ3) is 2.05. The quantitative estimate of drug-likeness (QED) is 0.805. The van der Waals surface area contributed by atoms with Gasteiger partial charge in [0, 0.05) is 25.0 Å². The topological polar surface area (TPSA) is 64.2 Å². The van der Waals surface area contributed by atoms with E-state index in [4.69, 9.17) is 5.73 Å². The molecule has 0 saturated carbocycles. The molecule has 0 bridgehead atoms. The lowest BCUT2D eigenvalue weighted by Crippen LogP contribution is -2.36. The van der Waals surface area contributed by atoms with E-state index in [1.807, 2.05) is 36.1 Å². The van der Waals surface area contributed by atoms with Crippen molar-refractivity contribution in [1.82, 2.24) is 9.78 Å². The maximum Gasteiger partial charge on any atom is 0.276 e. The van der Waals surface area contributed by atoms with E-state index >= 15 is 0 Å². The van der Waals surface area contributed by atoms with Crippen molar-refractivity contribution in [2.75, 3.05) is 17.2 Å². The number of anilines is 2. The number of amides is 1. The van der Waals surface area contributed by atoms with Crippen LogP contribution in [-0.4, -0.2) is 22.2 Å². The molecule has 0 spiro atoms. The van der Waals surface area contributed by atoms with Gasteiger partial charge in [0.1, 0.15) is 5.69 Å². The zero-order chi connectivity index (χ0) is 14.3. The van der Waals surface area contributed by atoms with Crippen molar-refractivity contribution in [3.8, 4) is 0 Å². The van der Waals surface area contributed by atoms with E-state index in [1.54, 1.807) is 11.7 Å². The molecule has 1 aromatic carbocycles. The standard InChI is InChI=1S/C15H18N4O/c1-10-8-14(18(2)17-10)15(20)19-7-3-4-11-9-12(16)5-6-13(11)19/h5-6,8-9H,3-4,7,16H2,1-2H3. The van der Waals surface area contributed by atoms with Gasteiger partial charge in [-0.05, 0) is 49.6 Å². The van der Waals surface area contributed by atoms with Gasteiger partial charge in [0.2, 0.25) is 0 Å². The van der Waals surface area contributed by atoms with Gasteiger partial charge in [0.15, 0.2) is 0 Å². The molecular formula is C15H18N4O. The molecule has 0 unspecified atom stereocenters. The normalized spacial score (nSPS) is 14.2. The summed E-state index contributed by atoms with van der Waals surface area (Å²) in [7, 11) is 1.80. The average molecular weight is 270 g/mol. The van der Waals surface area contributed by atoms with Gasteiger partial charge in [-0.15, -0.1) is 0 Å². The first kappa shape index (κ1) is 12.7. The molecule has 104 valence electrons. The minimum atomic E-state index is -0.00109. The van der Waals surface area contributed by atoms with E-state index in [0.29, 0.717) is 5.69 Å². The van der Waals surface area contributed by atoms with Crippen LogP contribution in [0.25, 0.3) is 0 Å². The van der Waals surface area contributed by atoms with Crippen LogP contribution in [0.15, 0.2) is 24.3 Å². The number of aromatic nitrogens is 2. The molecule has 1 aliphatic rings. The van der Waals surface area contributed by atoms with Crippen LogP contribution in [0.4, 0.5) is 11.4 Å². The molecule has 2 N–H and O–H groups in total. The first-order valence-corrected chi connectivity index (χ1v) is 6.77. The summed E-state index contributed by atoms with van der Waals surface area (Å²) >= 11 is 0. The fourth-order valence-corrected chi connectivity index (χ4v) is 2.78. The third-order valence-corrected chi connectivity index (χ3v) is 3.69. The van der Waals surface area contributed by atoms with Gasteiger partial charge >= 0.3 is 0 Å². The smallest absolute Gasteiger partial charge is 0.276 e. The lowest BCUT2D eigenvalue weighted by Gasteiger charge is -2.29. The van der Waals surface area contributed by atoms with Gasteiger partial charge in [-0.25, -0.2) is 0 Å². The van der Waals surface area contributed by atoms with Crippen LogP contribution in [-0.2, 0) is 13.5 Å². The molecule has 5 nitrogen and oxygen atoms in total. The van der Waals surface area contributed by atoms with Crippen molar-refractivity contribution in [2.24, 2.45) is 7.05 Å². The number of carbonyl (C=O) groups excluding carboxylic acids is 1. The summed E-state index contributed by atoms with van der Waals surface area (Å²) in [6, 6.07) is 7.57. The number of fused-ring (bicyclic) bond motifs is 1. The molecule has 0 radical (unpaired) electrons. The van der Waals surface area contributed by atoms with Crippen LogP contribution in [0.5, 0.6) is 0 Å². The van der Waals surface area contributed by atoms with Crippen molar-refractivity contribution in [1.29, 1.82) is 0 Å². The summed E-state index contributed by atoms with van der Waals surface area (Å²) in [4.78, 5) is 14.5.